The average molecular weight is 367 g/mol. The van der Waals surface area contributed by atoms with Crippen molar-refractivity contribution in [3.63, 3.8) is 0 Å². The number of hydrogen-bond acceptors (Lipinski definition) is 3. The third-order valence-corrected chi connectivity index (χ3v) is 4.67. The Hall–Kier alpha value is -0.500. The van der Waals surface area contributed by atoms with Gasteiger partial charge in [0.2, 0.25) is 10.0 Å². The van der Waals surface area contributed by atoms with Crippen LogP contribution in [0.25, 0.3) is 0 Å². The second kappa shape index (κ2) is 7.49. The van der Waals surface area contributed by atoms with Crippen molar-refractivity contribution in [2.75, 3.05) is 13.6 Å². The molecule has 0 bridgehead atoms. The molecular formula is C13H20BrFN2O2S. The van der Waals surface area contributed by atoms with Gasteiger partial charge in [0.05, 0.1) is 0 Å². The van der Waals surface area contributed by atoms with Crippen molar-refractivity contribution in [3.05, 3.63) is 28.0 Å². The highest BCUT2D eigenvalue weighted by molar-refractivity contribution is 9.10. The summed E-state index contributed by atoms with van der Waals surface area (Å²) < 4.78 is 41.5. The summed E-state index contributed by atoms with van der Waals surface area (Å²) in [7, 11) is -2.16. The molecule has 0 spiro atoms. The Morgan fingerprint density at radius 1 is 1.35 bits per heavy atom. The van der Waals surface area contributed by atoms with Crippen molar-refractivity contribution in [1.29, 1.82) is 0 Å². The summed E-state index contributed by atoms with van der Waals surface area (Å²) in [6.45, 7) is 4.56. The fourth-order valence-electron chi connectivity index (χ4n) is 1.69. The predicted molar refractivity (Wildman–Crippen MR) is 81.5 cm³/mol. The second-order valence-electron chi connectivity index (χ2n) is 4.99. The Balaban J connectivity index is 3.05. The minimum atomic E-state index is -3.83. The van der Waals surface area contributed by atoms with Crippen LogP contribution >= 0.6 is 15.9 Å². The highest BCUT2D eigenvalue weighted by Crippen LogP contribution is 2.24. The van der Waals surface area contributed by atoms with E-state index in [-0.39, 0.29) is 11.4 Å². The molecule has 0 aliphatic carbocycles. The first-order chi connectivity index (χ1) is 9.27. The van der Waals surface area contributed by atoms with E-state index in [1.165, 1.54) is 6.07 Å². The van der Waals surface area contributed by atoms with E-state index in [0.717, 1.165) is 0 Å². The molecule has 20 heavy (non-hydrogen) atoms. The van der Waals surface area contributed by atoms with Gasteiger partial charge in [0, 0.05) is 23.1 Å². The number of hydrogen-bond donors (Lipinski definition) is 2. The zero-order valence-corrected chi connectivity index (χ0v) is 14.2. The number of nitrogens with one attached hydrogen (secondary N) is 2. The van der Waals surface area contributed by atoms with E-state index in [1.54, 1.807) is 13.1 Å². The lowest BCUT2D eigenvalue weighted by atomic mass is 10.1. The molecule has 1 aromatic rings. The van der Waals surface area contributed by atoms with Crippen LogP contribution in [-0.2, 0) is 16.6 Å². The number of halogens is 2. The summed E-state index contributed by atoms with van der Waals surface area (Å²) >= 11 is 3.21. The topological polar surface area (TPSA) is 58.2 Å². The van der Waals surface area contributed by atoms with Crippen molar-refractivity contribution >= 4 is 26.0 Å². The predicted octanol–water partition coefficient (Wildman–Crippen LogP) is 2.63. The normalized spacial score (nSPS) is 12.1. The summed E-state index contributed by atoms with van der Waals surface area (Å²) in [6, 6.07) is 2.85. The van der Waals surface area contributed by atoms with Crippen molar-refractivity contribution in [1.82, 2.24) is 10.0 Å². The van der Waals surface area contributed by atoms with Crippen LogP contribution in [0.4, 0.5) is 4.39 Å². The lowest BCUT2D eigenvalue weighted by Crippen LogP contribution is -2.27. The fraction of sp³-hybridized carbons (Fsp3) is 0.538. The van der Waals surface area contributed by atoms with Gasteiger partial charge in [-0.1, -0.05) is 29.8 Å². The second-order valence-corrected chi connectivity index (χ2v) is 7.64. The summed E-state index contributed by atoms with van der Waals surface area (Å²) in [4.78, 5) is -0.319. The molecule has 0 aromatic heterocycles. The first kappa shape index (κ1) is 17.6. The molecule has 7 heteroatoms. The zero-order chi connectivity index (χ0) is 15.3. The molecule has 114 valence electrons. The minimum Gasteiger partial charge on any atom is -0.316 e. The van der Waals surface area contributed by atoms with Crippen LogP contribution < -0.4 is 10.0 Å². The van der Waals surface area contributed by atoms with Gasteiger partial charge in [-0.3, -0.25) is 0 Å². The molecule has 0 saturated carbocycles. The molecule has 4 nitrogen and oxygen atoms in total. The molecule has 0 heterocycles. The number of sulfonamides is 1. The maximum absolute atomic E-state index is 14.2. The molecule has 1 rings (SSSR count). The van der Waals surface area contributed by atoms with Crippen LogP contribution in [0.1, 0.15) is 25.8 Å². The van der Waals surface area contributed by atoms with E-state index < -0.39 is 15.8 Å². The number of benzene rings is 1. The van der Waals surface area contributed by atoms with Crippen LogP contribution in [-0.4, -0.2) is 22.0 Å². The maximum atomic E-state index is 14.2. The fourth-order valence-corrected chi connectivity index (χ4v) is 3.54. The van der Waals surface area contributed by atoms with E-state index in [9.17, 15) is 12.8 Å². The Morgan fingerprint density at radius 2 is 2.00 bits per heavy atom. The van der Waals surface area contributed by atoms with Crippen LogP contribution in [0.5, 0.6) is 0 Å². The minimum absolute atomic E-state index is 0.264. The van der Waals surface area contributed by atoms with Gasteiger partial charge in [-0.05, 0) is 31.5 Å². The molecule has 0 unspecified atom stereocenters. The molecule has 0 aliphatic heterocycles. The van der Waals surface area contributed by atoms with E-state index in [4.69, 9.17) is 0 Å². The van der Waals surface area contributed by atoms with E-state index in [2.05, 4.69) is 26.0 Å². The lowest BCUT2D eigenvalue weighted by molar-refractivity contribution is 0.534. The van der Waals surface area contributed by atoms with E-state index in [0.29, 0.717) is 28.9 Å². The first-order valence-electron chi connectivity index (χ1n) is 6.40. The van der Waals surface area contributed by atoms with Gasteiger partial charge in [0.1, 0.15) is 10.7 Å². The van der Waals surface area contributed by atoms with Gasteiger partial charge < -0.3 is 5.32 Å². The summed E-state index contributed by atoms with van der Waals surface area (Å²) in [5, 5.41) is 2.81. The van der Waals surface area contributed by atoms with Gasteiger partial charge in [0.25, 0.3) is 0 Å². The van der Waals surface area contributed by atoms with Gasteiger partial charge in [0.15, 0.2) is 0 Å². The van der Waals surface area contributed by atoms with Gasteiger partial charge in [-0.25, -0.2) is 17.5 Å². The molecule has 1 aromatic carbocycles. The van der Waals surface area contributed by atoms with Crippen molar-refractivity contribution < 1.29 is 12.8 Å². The van der Waals surface area contributed by atoms with E-state index in [1.807, 2.05) is 13.8 Å². The molecule has 0 fully saturated rings. The maximum Gasteiger partial charge on any atom is 0.243 e. The lowest BCUT2D eigenvalue weighted by Gasteiger charge is -2.12. The quantitative estimate of drug-likeness (QED) is 0.779. The van der Waals surface area contributed by atoms with E-state index >= 15 is 0 Å². The molecule has 2 N–H and O–H groups in total. The average Bonchev–Trinajstić information content (AvgIpc) is 2.32. The van der Waals surface area contributed by atoms with Gasteiger partial charge in [-0.15, -0.1) is 0 Å². The van der Waals surface area contributed by atoms with Crippen LogP contribution in [0.3, 0.4) is 0 Å². The Labute approximate surface area is 128 Å². The Kier molecular flexibility index (Phi) is 6.57. The van der Waals surface area contributed by atoms with Crippen LogP contribution in [0.15, 0.2) is 21.5 Å². The highest BCUT2D eigenvalue weighted by Gasteiger charge is 2.21. The summed E-state index contributed by atoms with van der Waals surface area (Å²) in [6.07, 6.45) is 0.707. The summed E-state index contributed by atoms with van der Waals surface area (Å²) in [5.41, 5.74) is 0.311. The molecule has 0 amide bonds. The van der Waals surface area contributed by atoms with Crippen LogP contribution in [0, 0.1) is 11.7 Å². The largest absolute Gasteiger partial charge is 0.316 e. The smallest absolute Gasteiger partial charge is 0.243 e. The van der Waals surface area contributed by atoms with Crippen molar-refractivity contribution in [3.8, 4) is 0 Å². The zero-order valence-electron chi connectivity index (χ0n) is 11.8. The third kappa shape index (κ3) is 4.80. The third-order valence-electron chi connectivity index (χ3n) is 2.75. The first-order valence-corrected chi connectivity index (χ1v) is 8.67. The van der Waals surface area contributed by atoms with Crippen molar-refractivity contribution in [2.24, 2.45) is 5.92 Å². The van der Waals surface area contributed by atoms with Gasteiger partial charge in [-0.2, -0.15) is 0 Å². The Bertz CT molecular complexity index is 562. The molecule has 0 radical (unpaired) electrons. The standard InChI is InChI=1S/C13H20BrFN2O2S/c1-9(2)4-5-17-20(18,19)12-7-11(14)6-10(8-16-3)13(12)15/h6-7,9,16-17H,4-5,8H2,1-3H3. The van der Waals surface area contributed by atoms with Crippen LogP contribution in [0.2, 0.25) is 0 Å². The monoisotopic (exact) mass is 366 g/mol. The van der Waals surface area contributed by atoms with Crippen molar-refractivity contribution in [2.45, 2.75) is 31.7 Å². The van der Waals surface area contributed by atoms with Gasteiger partial charge >= 0.3 is 0 Å². The number of rotatable bonds is 7. The summed E-state index contributed by atoms with van der Waals surface area (Å²) in [5.74, 6) is -0.329. The molecular weight excluding hydrogens is 347 g/mol. The highest BCUT2D eigenvalue weighted by atomic mass is 79.9. The SMILES string of the molecule is CNCc1cc(Br)cc(S(=O)(=O)NCCC(C)C)c1F. The Morgan fingerprint density at radius 3 is 2.55 bits per heavy atom. The molecule has 0 aliphatic rings. The molecule has 0 saturated heterocycles. The molecule has 0 atom stereocenters.